The Morgan fingerprint density at radius 1 is 0.892 bits per heavy atom. The second kappa shape index (κ2) is 12.8. The van der Waals surface area contributed by atoms with Crippen molar-refractivity contribution in [3.8, 4) is 0 Å². The van der Waals surface area contributed by atoms with Gasteiger partial charge in [0.05, 0.1) is 0 Å². The van der Waals surface area contributed by atoms with Crippen LogP contribution in [0.15, 0.2) is 75.7 Å². The number of amides is 2. The van der Waals surface area contributed by atoms with Crippen molar-refractivity contribution in [2.75, 3.05) is 38.5 Å². The summed E-state index contributed by atoms with van der Waals surface area (Å²) in [6, 6.07) is 20.5. The third kappa shape index (κ3) is 7.70. The molecule has 9 heteroatoms. The van der Waals surface area contributed by atoms with Crippen LogP contribution in [0, 0.1) is 5.82 Å². The maximum Gasteiger partial charge on any atom is 0.313 e. The van der Waals surface area contributed by atoms with Crippen molar-refractivity contribution in [3.05, 3.63) is 98.2 Å². The van der Waals surface area contributed by atoms with Gasteiger partial charge >= 0.3 is 11.8 Å². The van der Waals surface area contributed by atoms with Gasteiger partial charge in [-0.2, -0.15) is 0 Å². The van der Waals surface area contributed by atoms with Crippen LogP contribution in [0.3, 0.4) is 0 Å². The first-order chi connectivity index (χ1) is 17.8. The fourth-order valence-electron chi connectivity index (χ4n) is 4.32. The molecule has 0 unspecified atom stereocenters. The van der Waals surface area contributed by atoms with Gasteiger partial charge < -0.3 is 10.2 Å². The normalized spacial score (nSPS) is 14.4. The Hall–Kier alpha value is -2.59. The Morgan fingerprint density at radius 3 is 2.22 bits per heavy atom. The molecule has 37 heavy (non-hydrogen) atoms. The second-order valence-electron chi connectivity index (χ2n) is 9.19. The molecular formula is C28H29Br2FN4O2. The Morgan fingerprint density at radius 2 is 1.54 bits per heavy atom. The largest absolute Gasteiger partial charge is 0.333 e. The third-order valence-electron chi connectivity index (χ3n) is 6.39. The standard InChI is InChI=1S/C28H29Br2FN4O2/c1-33(18-21-8-10-24(31)16-25(21)30)28(37)27(36)32-26-15-23(29)9-7-22(26)19-35-13-11-34(12-14-35)17-20-5-3-2-4-6-20/h2-10,15-16H,11-14,17-19H2,1H3,(H,32,36). The molecule has 1 aliphatic heterocycles. The lowest BCUT2D eigenvalue weighted by Crippen LogP contribution is -2.45. The molecule has 0 saturated carbocycles. The van der Waals surface area contributed by atoms with Gasteiger partial charge in [-0.05, 0) is 41.0 Å². The van der Waals surface area contributed by atoms with E-state index in [4.69, 9.17) is 0 Å². The molecule has 0 aliphatic carbocycles. The first-order valence-electron chi connectivity index (χ1n) is 12.1. The fourth-order valence-corrected chi connectivity index (χ4v) is 5.15. The highest BCUT2D eigenvalue weighted by molar-refractivity contribution is 9.10. The molecule has 1 heterocycles. The van der Waals surface area contributed by atoms with E-state index >= 15 is 0 Å². The van der Waals surface area contributed by atoms with E-state index in [1.807, 2.05) is 24.3 Å². The van der Waals surface area contributed by atoms with E-state index < -0.39 is 11.8 Å². The molecule has 1 fully saturated rings. The number of nitrogens with zero attached hydrogens (tertiary/aromatic N) is 3. The van der Waals surface area contributed by atoms with Gasteiger partial charge in [-0.3, -0.25) is 19.4 Å². The quantitative estimate of drug-likeness (QED) is 0.361. The van der Waals surface area contributed by atoms with E-state index in [9.17, 15) is 14.0 Å². The van der Waals surface area contributed by atoms with E-state index in [1.165, 1.54) is 22.6 Å². The van der Waals surface area contributed by atoms with E-state index in [-0.39, 0.29) is 12.4 Å². The molecule has 0 spiro atoms. The van der Waals surface area contributed by atoms with Gasteiger partial charge in [0.25, 0.3) is 0 Å². The molecule has 3 aromatic carbocycles. The number of benzene rings is 3. The van der Waals surface area contributed by atoms with E-state index in [1.54, 1.807) is 13.1 Å². The summed E-state index contributed by atoms with van der Waals surface area (Å²) in [6.45, 7) is 5.57. The number of piperazine rings is 1. The predicted molar refractivity (Wildman–Crippen MR) is 150 cm³/mol. The minimum atomic E-state index is -0.715. The minimum Gasteiger partial charge on any atom is -0.333 e. The van der Waals surface area contributed by atoms with Crippen LogP contribution in [0.1, 0.15) is 16.7 Å². The summed E-state index contributed by atoms with van der Waals surface area (Å²) < 4.78 is 14.7. The predicted octanol–water partition coefficient (Wildman–Crippen LogP) is 5.27. The highest BCUT2D eigenvalue weighted by atomic mass is 79.9. The zero-order chi connectivity index (χ0) is 26.4. The monoisotopic (exact) mass is 630 g/mol. The van der Waals surface area contributed by atoms with Crippen LogP contribution in [0.4, 0.5) is 10.1 Å². The van der Waals surface area contributed by atoms with E-state index in [2.05, 4.69) is 71.2 Å². The number of anilines is 1. The number of nitrogens with one attached hydrogen (secondary N) is 1. The van der Waals surface area contributed by atoms with Crippen molar-refractivity contribution >= 4 is 49.4 Å². The van der Waals surface area contributed by atoms with Crippen molar-refractivity contribution in [2.24, 2.45) is 0 Å². The first kappa shape index (κ1) is 27.4. The summed E-state index contributed by atoms with van der Waals surface area (Å²) in [5.41, 5.74) is 3.58. The van der Waals surface area contributed by atoms with Gasteiger partial charge in [-0.15, -0.1) is 0 Å². The van der Waals surface area contributed by atoms with Crippen LogP contribution in [0.25, 0.3) is 0 Å². The van der Waals surface area contributed by atoms with Crippen LogP contribution >= 0.6 is 31.9 Å². The summed E-state index contributed by atoms with van der Waals surface area (Å²) in [4.78, 5) is 31.8. The Bertz CT molecular complexity index is 1250. The van der Waals surface area contributed by atoms with Crippen LogP contribution in [0.5, 0.6) is 0 Å². The summed E-state index contributed by atoms with van der Waals surface area (Å²) in [5.74, 6) is -1.76. The Balaban J connectivity index is 1.35. The van der Waals surface area contributed by atoms with Gasteiger partial charge in [-0.1, -0.05) is 74.3 Å². The number of hydrogen-bond donors (Lipinski definition) is 1. The summed E-state index contributed by atoms with van der Waals surface area (Å²) in [5, 5.41) is 2.80. The molecule has 0 radical (unpaired) electrons. The molecule has 6 nitrogen and oxygen atoms in total. The maximum atomic E-state index is 13.4. The molecule has 1 N–H and O–H groups in total. The van der Waals surface area contributed by atoms with Gasteiger partial charge in [0, 0.05) is 67.5 Å². The lowest BCUT2D eigenvalue weighted by Gasteiger charge is -2.35. The van der Waals surface area contributed by atoms with Crippen molar-refractivity contribution < 1.29 is 14.0 Å². The highest BCUT2D eigenvalue weighted by Crippen LogP contribution is 2.24. The highest BCUT2D eigenvalue weighted by Gasteiger charge is 2.23. The zero-order valence-corrected chi connectivity index (χ0v) is 23.8. The number of carbonyl (C=O) groups excluding carboxylic acids is 2. The Labute approximate surface area is 233 Å². The van der Waals surface area contributed by atoms with Gasteiger partial charge in [0.15, 0.2) is 0 Å². The topological polar surface area (TPSA) is 55.9 Å². The number of hydrogen-bond acceptors (Lipinski definition) is 4. The number of halogens is 3. The zero-order valence-electron chi connectivity index (χ0n) is 20.6. The average Bonchev–Trinajstić information content (AvgIpc) is 2.88. The van der Waals surface area contributed by atoms with Crippen molar-refractivity contribution in [2.45, 2.75) is 19.6 Å². The maximum absolute atomic E-state index is 13.4. The van der Waals surface area contributed by atoms with Crippen molar-refractivity contribution in [1.82, 2.24) is 14.7 Å². The number of rotatable bonds is 7. The molecule has 194 valence electrons. The number of likely N-dealkylation sites (N-methyl/N-ethyl adjacent to an activating group) is 1. The third-order valence-corrected chi connectivity index (χ3v) is 7.62. The first-order valence-corrected chi connectivity index (χ1v) is 13.6. The van der Waals surface area contributed by atoms with E-state index in [0.717, 1.165) is 42.8 Å². The lowest BCUT2D eigenvalue weighted by molar-refractivity contribution is -0.142. The molecule has 0 aromatic heterocycles. The molecule has 0 atom stereocenters. The minimum absolute atomic E-state index is 0.172. The summed E-state index contributed by atoms with van der Waals surface area (Å²) >= 11 is 6.78. The molecule has 3 aromatic rings. The molecule has 0 bridgehead atoms. The lowest BCUT2D eigenvalue weighted by atomic mass is 10.1. The summed E-state index contributed by atoms with van der Waals surface area (Å²) in [6.07, 6.45) is 0. The molecule has 1 saturated heterocycles. The smallest absolute Gasteiger partial charge is 0.313 e. The van der Waals surface area contributed by atoms with Gasteiger partial charge in [-0.25, -0.2) is 4.39 Å². The number of carbonyl (C=O) groups is 2. The van der Waals surface area contributed by atoms with Gasteiger partial charge in [0.1, 0.15) is 5.82 Å². The van der Waals surface area contributed by atoms with E-state index in [0.29, 0.717) is 22.3 Å². The van der Waals surface area contributed by atoms with Gasteiger partial charge in [0.2, 0.25) is 0 Å². The van der Waals surface area contributed by atoms with Crippen LogP contribution < -0.4 is 5.32 Å². The van der Waals surface area contributed by atoms with Crippen molar-refractivity contribution in [3.63, 3.8) is 0 Å². The van der Waals surface area contributed by atoms with Crippen molar-refractivity contribution in [1.29, 1.82) is 0 Å². The average molecular weight is 632 g/mol. The molecular weight excluding hydrogens is 603 g/mol. The summed E-state index contributed by atoms with van der Waals surface area (Å²) in [7, 11) is 1.55. The Kier molecular flexibility index (Phi) is 9.48. The molecule has 1 aliphatic rings. The van der Waals surface area contributed by atoms with Crippen LogP contribution in [-0.4, -0.2) is 59.7 Å². The van der Waals surface area contributed by atoms with Crippen LogP contribution in [-0.2, 0) is 29.2 Å². The molecule has 4 rings (SSSR count). The fraction of sp³-hybridized carbons (Fsp3) is 0.286. The SMILES string of the molecule is CN(Cc1ccc(F)cc1Br)C(=O)C(=O)Nc1cc(Br)ccc1CN1CCN(Cc2ccccc2)CC1. The van der Waals surface area contributed by atoms with Crippen LogP contribution in [0.2, 0.25) is 0 Å². The molecule has 2 amide bonds. The second-order valence-corrected chi connectivity index (χ2v) is 11.0.